The highest BCUT2D eigenvalue weighted by Crippen LogP contribution is 2.30. The molecule has 0 saturated heterocycles. The Hall–Kier alpha value is -2.57. The molecule has 1 aromatic heterocycles. The molecule has 0 aliphatic heterocycles. The fourth-order valence-electron chi connectivity index (χ4n) is 1.45. The standard InChI is InChI=1S/C13H16N4O3/c1-3-8-19-9-6-4-5-7-10(9)20-13-16-11(14)15-12(17-13)18-2/h4-7H,3,8H2,1-2H3,(H2,14,15,16,17). The first-order valence-electron chi connectivity index (χ1n) is 6.18. The summed E-state index contributed by atoms with van der Waals surface area (Å²) in [7, 11) is 1.44. The Balaban J connectivity index is 2.23. The van der Waals surface area contributed by atoms with Crippen LogP contribution in [0.4, 0.5) is 5.95 Å². The third kappa shape index (κ3) is 3.47. The van der Waals surface area contributed by atoms with E-state index in [0.29, 0.717) is 18.1 Å². The number of nitrogen functional groups attached to an aromatic ring is 1. The number of nitrogens with two attached hydrogens (primary N) is 1. The molecule has 106 valence electrons. The van der Waals surface area contributed by atoms with E-state index in [1.807, 2.05) is 25.1 Å². The maximum atomic E-state index is 5.59. The van der Waals surface area contributed by atoms with E-state index in [-0.39, 0.29) is 18.0 Å². The molecule has 20 heavy (non-hydrogen) atoms. The van der Waals surface area contributed by atoms with Crippen LogP contribution in [-0.2, 0) is 0 Å². The van der Waals surface area contributed by atoms with Crippen molar-refractivity contribution in [2.75, 3.05) is 19.5 Å². The summed E-state index contributed by atoms with van der Waals surface area (Å²) in [6.07, 6.45) is 0.904. The van der Waals surface area contributed by atoms with Gasteiger partial charge in [0.25, 0.3) is 0 Å². The van der Waals surface area contributed by atoms with Crippen molar-refractivity contribution in [2.45, 2.75) is 13.3 Å². The highest BCUT2D eigenvalue weighted by atomic mass is 16.5. The summed E-state index contributed by atoms with van der Waals surface area (Å²) in [5, 5.41) is 0. The van der Waals surface area contributed by atoms with E-state index in [2.05, 4.69) is 15.0 Å². The SMILES string of the molecule is CCCOc1ccccc1Oc1nc(N)nc(OC)n1. The van der Waals surface area contributed by atoms with E-state index in [1.165, 1.54) is 7.11 Å². The predicted octanol–water partition coefficient (Wildman–Crippen LogP) is 2.04. The molecule has 0 amide bonds. The average molecular weight is 276 g/mol. The Morgan fingerprint density at radius 2 is 1.75 bits per heavy atom. The van der Waals surface area contributed by atoms with E-state index in [4.69, 9.17) is 19.9 Å². The summed E-state index contributed by atoms with van der Waals surface area (Å²) >= 11 is 0. The highest BCUT2D eigenvalue weighted by molar-refractivity contribution is 5.41. The number of hydrogen-bond donors (Lipinski definition) is 1. The molecular formula is C13H16N4O3. The average Bonchev–Trinajstić information content (AvgIpc) is 2.45. The van der Waals surface area contributed by atoms with Gasteiger partial charge in [-0.1, -0.05) is 19.1 Å². The zero-order valence-corrected chi connectivity index (χ0v) is 11.4. The van der Waals surface area contributed by atoms with E-state index in [9.17, 15) is 0 Å². The van der Waals surface area contributed by atoms with Gasteiger partial charge < -0.3 is 19.9 Å². The maximum absolute atomic E-state index is 5.59. The van der Waals surface area contributed by atoms with Crippen molar-refractivity contribution in [2.24, 2.45) is 0 Å². The first-order valence-corrected chi connectivity index (χ1v) is 6.18. The Labute approximate surface area is 116 Å². The van der Waals surface area contributed by atoms with E-state index in [0.717, 1.165) is 6.42 Å². The van der Waals surface area contributed by atoms with Gasteiger partial charge in [-0.05, 0) is 18.6 Å². The molecule has 0 bridgehead atoms. The largest absolute Gasteiger partial charge is 0.490 e. The first-order chi connectivity index (χ1) is 9.72. The zero-order chi connectivity index (χ0) is 14.4. The summed E-state index contributed by atoms with van der Waals surface area (Å²) in [6.45, 7) is 2.63. The highest BCUT2D eigenvalue weighted by Gasteiger charge is 2.10. The van der Waals surface area contributed by atoms with Crippen LogP contribution in [-0.4, -0.2) is 28.7 Å². The number of para-hydroxylation sites is 2. The second kappa shape index (κ2) is 6.55. The fraction of sp³-hybridized carbons (Fsp3) is 0.308. The summed E-state index contributed by atoms with van der Waals surface area (Å²) in [5.41, 5.74) is 5.55. The number of nitrogens with zero attached hydrogens (tertiary/aromatic N) is 3. The third-order valence-corrected chi connectivity index (χ3v) is 2.31. The van der Waals surface area contributed by atoms with E-state index in [1.54, 1.807) is 6.07 Å². The van der Waals surface area contributed by atoms with Crippen molar-refractivity contribution in [1.29, 1.82) is 0 Å². The van der Waals surface area contributed by atoms with Crippen LogP contribution in [0.25, 0.3) is 0 Å². The second-order valence-corrected chi connectivity index (χ2v) is 3.86. The molecule has 0 fully saturated rings. The van der Waals surface area contributed by atoms with Crippen LogP contribution >= 0.6 is 0 Å². The summed E-state index contributed by atoms with van der Waals surface area (Å²) < 4.78 is 16.1. The predicted molar refractivity (Wildman–Crippen MR) is 73.1 cm³/mol. The molecule has 0 aliphatic rings. The van der Waals surface area contributed by atoms with Gasteiger partial charge in [0.1, 0.15) is 0 Å². The molecule has 2 N–H and O–H groups in total. The Kier molecular flexibility index (Phi) is 4.54. The Bertz CT molecular complexity index is 577. The molecule has 0 saturated carbocycles. The second-order valence-electron chi connectivity index (χ2n) is 3.86. The Morgan fingerprint density at radius 3 is 2.45 bits per heavy atom. The molecule has 2 aromatic rings. The van der Waals surface area contributed by atoms with Gasteiger partial charge in [0.2, 0.25) is 5.95 Å². The number of anilines is 1. The van der Waals surface area contributed by atoms with Gasteiger partial charge in [-0.2, -0.15) is 9.97 Å². The lowest BCUT2D eigenvalue weighted by atomic mass is 10.3. The number of rotatable bonds is 6. The van der Waals surface area contributed by atoms with Crippen molar-refractivity contribution >= 4 is 5.95 Å². The van der Waals surface area contributed by atoms with Crippen LogP contribution in [0.15, 0.2) is 24.3 Å². The molecule has 0 atom stereocenters. The van der Waals surface area contributed by atoms with Crippen molar-refractivity contribution < 1.29 is 14.2 Å². The van der Waals surface area contributed by atoms with Crippen LogP contribution < -0.4 is 19.9 Å². The summed E-state index contributed by atoms with van der Waals surface area (Å²) in [6, 6.07) is 7.42. The first kappa shape index (κ1) is 13.9. The van der Waals surface area contributed by atoms with Crippen LogP contribution in [0, 0.1) is 0 Å². The molecule has 1 aromatic carbocycles. The number of methoxy groups -OCH3 is 1. The topological polar surface area (TPSA) is 92.4 Å². The minimum Gasteiger partial charge on any atom is -0.490 e. The lowest BCUT2D eigenvalue weighted by molar-refractivity contribution is 0.297. The minimum absolute atomic E-state index is 0.0267. The van der Waals surface area contributed by atoms with Crippen LogP contribution in [0.2, 0.25) is 0 Å². The van der Waals surface area contributed by atoms with E-state index < -0.39 is 0 Å². The zero-order valence-electron chi connectivity index (χ0n) is 11.4. The van der Waals surface area contributed by atoms with Crippen LogP contribution in [0.1, 0.15) is 13.3 Å². The van der Waals surface area contributed by atoms with Gasteiger partial charge in [0.15, 0.2) is 11.5 Å². The molecule has 0 radical (unpaired) electrons. The number of aromatic nitrogens is 3. The van der Waals surface area contributed by atoms with Crippen molar-refractivity contribution in [3.8, 4) is 23.5 Å². The quantitative estimate of drug-likeness (QED) is 0.862. The van der Waals surface area contributed by atoms with Gasteiger partial charge in [0.05, 0.1) is 13.7 Å². The van der Waals surface area contributed by atoms with Gasteiger partial charge >= 0.3 is 12.0 Å². The number of hydrogen-bond acceptors (Lipinski definition) is 7. The summed E-state index contributed by atoms with van der Waals surface area (Å²) in [5.74, 6) is 1.15. The van der Waals surface area contributed by atoms with Crippen molar-refractivity contribution in [3.05, 3.63) is 24.3 Å². The van der Waals surface area contributed by atoms with Crippen LogP contribution in [0.5, 0.6) is 23.5 Å². The number of benzene rings is 1. The van der Waals surface area contributed by atoms with Gasteiger partial charge in [-0.3, -0.25) is 0 Å². The molecule has 0 spiro atoms. The fourth-order valence-corrected chi connectivity index (χ4v) is 1.45. The minimum atomic E-state index is 0.0267. The lowest BCUT2D eigenvalue weighted by Crippen LogP contribution is -2.03. The van der Waals surface area contributed by atoms with Gasteiger partial charge in [-0.25, -0.2) is 0 Å². The molecule has 0 unspecified atom stereocenters. The molecule has 7 nitrogen and oxygen atoms in total. The van der Waals surface area contributed by atoms with Gasteiger partial charge in [0, 0.05) is 0 Å². The Morgan fingerprint density at radius 1 is 1.05 bits per heavy atom. The smallest absolute Gasteiger partial charge is 0.330 e. The molecule has 0 aliphatic carbocycles. The molecular weight excluding hydrogens is 260 g/mol. The summed E-state index contributed by atoms with van der Waals surface area (Å²) in [4.78, 5) is 11.7. The van der Waals surface area contributed by atoms with Crippen molar-refractivity contribution in [3.63, 3.8) is 0 Å². The van der Waals surface area contributed by atoms with E-state index >= 15 is 0 Å². The van der Waals surface area contributed by atoms with Crippen LogP contribution in [0.3, 0.4) is 0 Å². The van der Waals surface area contributed by atoms with Gasteiger partial charge in [-0.15, -0.1) is 4.98 Å². The molecule has 1 heterocycles. The monoisotopic (exact) mass is 276 g/mol. The maximum Gasteiger partial charge on any atom is 0.330 e. The molecule has 7 heteroatoms. The van der Waals surface area contributed by atoms with Crippen molar-refractivity contribution in [1.82, 2.24) is 15.0 Å². The normalized spacial score (nSPS) is 10.1. The lowest BCUT2D eigenvalue weighted by Gasteiger charge is -2.11. The third-order valence-electron chi connectivity index (χ3n) is 2.31. The number of ether oxygens (including phenoxy) is 3. The molecule has 2 rings (SSSR count).